The van der Waals surface area contributed by atoms with Crippen molar-refractivity contribution >= 4 is 39.6 Å². The van der Waals surface area contributed by atoms with Crippen LogP contribution >= 0.6 is 11.3 Å². The van der Waals surface area contributed by atoms with Gasteiger partial charge in [-0.25, -0.2) is 4.98 Å². The minimum absolute atomic E-state index is 0.120. The van der Waals surface area contributed by atoms with Crippen LogP contribution in [0.15, 0.2) is 66.2 Å². The van der Waals surface area contributed by atoms with Crippen molar-refractivity contribution in [3.05, 3.63) is 71.7 Å². The molecule has 0 aliphatic rings. The number of amides is 1. The Balaban J connectivity index is 1.52. The van der Waals surface area contributed by atoms with Crippen LogP contribution in [-0.4, -0.2) is 21.7 Å². The van der Waals surface area contributed by atoms with Gasteiger partial charge >= 0.3 is 0 Å². The van der Waals surface area contributed by atoms with E-state index in [2.05, 4.69) is 10.3 Å². The Morgan fingerprint density at radius 2 is 1.88 bits per heavy atom. The summed E-state index contributed by atoms with van der Waals surface area (Å²) in [6, 6.07) is 17.4. The molecule has 1 amide bonds. The Bertz CT molecular complexity index is 1080. The summed E-state index contributed by atoms with van der Waals surface area (Å²) in [4.78, 5) is 28.1. The molecular weight excluding hydrogens is 346 g/mol. The number of carbonyl (C=O) groups is 2. The second-order valence-corrected chi connectivity index (χ2v) is 6.66. The van der Waals surface area contributed by atoms with Crippen molar-refractivity contribution in [3.63, 3.8) is 0 Å². The molecule has 1 N–H and O–H groups in total. The van der Waals surface area contributed by atoms with E-state index in [0.29, 0.717) is 10.7 Å². The highest BCUT2D eigenvalue weighted by molar-refractivity contribution is 7.14. The van der Waals surface area contributed by atoms with Crippen molar-refractivity contribution in [1.82, 2.24) is 9.55 Å². The van der Waals surface area contributed by atoms with Crippen molar-refractivity contribution in [1.29, 1.82) is 0 Å². The Kier molecular flexibility index (Phi) is 4.33. The third-order valence-electron chi connectivity index (χ3n) is 4.08. The molecule has 4 aromatic rings. The summed E-state index contributed by atoms with van der Waals surface area (Å²) >= 11 is 1.39. The second kappa shape index (κ2) is 6.93. The maximum Gasteiger partial charge on any atom is 0.246 e. The number of rotatable bonds is 5. The molecule has 6 heteroatoms. The Morgan fingerprint density at radius 3 is 2.69 bits per heavy atom. The van der Waals surface area contributed by atoms with Gasteiger partial charge in [0.2, 0.25) is 5.91 Å². The smallest absolute Gasteiger partial charge is 0.246 e. The van der Waals surface area contributed by atoms with E-state index in [1.807, 2.05) is 60.0 Å². The van der Waals surface area contributed by atoms with E-state index in [1.165, 1.54) is 11.3 Å². The molecule has 0 saturated heterocycles. The number of nitrogens with zero attached hydrogens (tertiary/aromatic N) is 2. The van der Waals surface area contributed by atoms with Crippen LogP contribution in [0.3, 0.4) is 0 Å². The molecule has 0 bridgehead atoms. The normalized spacial score (nSPS) is 10.8. The van der Waals surface area contributed by atoms with Crippen molar-refractivity contribution in [2.45, 2.75) is 6.54 Å². The van der Waals surface area contributed by atoms with Crippen molar-refractivity contribution in [2.75, 3.05) is 5.32 Å². The lowest BCUT2D eigenvalue weighted by Gasteiger charge is -2.05. The van der Waals surface area contributed by atoms with Gasteiger partial charge in [-0.3, -0.25) is 9.59 Å². The summed E-state index contributed by atoms with van der Waals surface area (Å²) < 4.78 is 1.78. The number of hydrogen-bond acceptors (Lipinski definition) is 4. The third-order valence-corrected chi connectivity index (χ3v) is 4.84. The Labute approximate surface area is 153 Å². The lowest BCUT2D eigenvalue weighted by Crippen LogP contribution is -2.18. The standard InChI is InChI=1S/C20H15N3O2S/c24-12-15-10-23(18-9-5-4-8-16(15)18)11-19(25)22-20-21-17(13-26-20)14-6-2-1-3-7-14/h1-10,12-13H,11H2,(H,21,22,25). The molecular formula is C20H15N3O2S. The number of fused-ring (bicyclic) bond motifs is 1. The molecule has 2 aromatic carbocycles. The second-order valence-electron chi connectivity index (χ2n) is 5.80. The monoisotopic (exact) mass is 361 g/mol. The zero-order chi connectivity index (χ0) is 17.9. The molecule has 0 spiro atoms. The zero-order valence-electron chi connectivity index (χ0n) is 13.8. The van der Waals surface area contributed by atoms with Crippen LogP contribution in [0.1, 0.15) is 10.4 Å². The quantitative estimate of drug-likeness (QED) is 0.542. The molecule has 0 aliphatic carbocycles. The summed E-state index contributed by atoms with van der Waals surface area (Å²) in [6.45, 7) is 0.120. The molecule has 5 nitrogen and oxygen atoms in total. The van der Waals surface area contributed by atoms with Gasteiger partial charge in [0.1, 0.15) is 6.54 Å². The van der Waals surface area contributed by atoms with Crippen molar-refractivity contribution in [3.8, 4) is 11.3 Å². The van der Waals surface area contributed by atoms with E-state index in [9.17, 15) is 9.59 Å². The number of benzene rings is 2. The third kappa shape index (κ3) is 3.14. The van der Waals surface area contributed by atoms with Crippen LogP contribution < -0.4 is 5.32 Å². The predicted octanol–water partition coefficient (Wildman–Crippen LogP) is 4.22. The topological polar surface area (TPSA) is 64.0 Å². The van der Waals surface area contributed by atoms with E-state index in [1.54, 1.807) is 10.8 Å². The number of anilines is 1. The minimum Gasteiger partial charge on any atom is -0.337 e. The van der Waals surface area contributed by atoms with Gasteiger partial charge in [0.05, 0.1) is 5.69 Å². The molecule has 0 fully saturated rings. The number of carbonyl (C=O) groups excluding carboxylic acids is 2. The van der Waals surface area contributed by atoms with Gasteiger partial charge < -0.3 is 9.88 Å². The first-order valence-electron chi connectivity index (χ1n) is 8.08. The first-order chi connectivity index (χ1) is 12.7. The van der Waals surface area contributed by atoms with Gasteiger partial charge in [0.15, 0.2) is 11.4 Å². The van der Waals surface area contributed by atoms with E-state index < -0.39 is 0 Å². The van der Waals surface area contributed by atoms with E-state index in [-0.39, 0.29) is 12.5 Å². The van der Waals surface area contributed by atoms with Crippen LogP contribution in [0, 0.1) is 0 Å². The fourth-order valence-electron chi connectivity index (χ4n) is 2.89. The minimum atomic E-state index is -0.183. The lowest BCUT2D eigenvalue weighted by atomic mass is 10.2. The summed E-state index contributed by atoms with van der Waals surface area (Å²) in [5, 5.41) is 6.15. The van der Waals surface area contributed by atoms with Crippen LogP contribution in [0.5, 0.6) is 0 Å². The number of thiazole rings is 1. The maximum atomic E-state index is 12.4. The molecule has 0 radical (unpaired) electrons. The van der Waals surface area contributed by atoms with Gasteiger partial charge in [0.25, 0.3) is 0 Å². The van der Waals surface area contributed by atoms with E-state index in [4.69, 9.17) is 0 Å². The number of para-hydroxylation sites is 1. The fraction of sp³-hybridized carbons (Fsp3) is 0.0500. The van der Waals surface area contributed by atoms with Crippen molar-refractivity contribution < 1.29 is 9.59 Å². The Hall–Kier alpha value is -3.25. The molecule has 128 valence electrons. The van der Waals surface area contributed by atoms with Crippen LogP contribution in [-0.2, 0) is 11.3 Å². The summed E-state index contributed by atoms with van der Waals surface area (Å²) in [5.41, 5.74) is 3.28. The summed E-state index contributed by atoms with van der Waals surface area (Å²) in [7, 11) is 0. The zero-order valence-corrected chi connectivity index (χ0v) is 14.6. The first-order valence-corrected chi connectivity index (χ1v) is 8.96. The highest BCUT2D eigenvalue weighted by Gasteiger charge is 2.12. The molecule has 2 aromatic heterocycles. The van der Waals surface area contributed by atoms with Gasteiger partial charge in [-0.15, -0.1) is 11.3 Å². The summed E-state index contributed by atoms with van der Waals surface area (Å²) in [6.07, 6.45) is 2.51. The number of hydrogen-bond donors (Lipinski definition) is 1. The molecule has 0 unspecified atom stereocenters. The van der Waals surface area contributed by atoms with Crippen molar-refractivity contribution in [2.24, 2.45) is 0 Å². The molecule has 0 atom stereocenters. The predicted molar refractivity (Wildman–Crippen MR) is 104 cm³/mol. The molecule has 26 heavy (non-hydrogen) atoms. The maximum absolute atomic E-state index is 12.4. The highest BCUT2D eigenvalue weighted by Crippen LogP contribution is 2.25. The lowest BCUT2D eigenvalue weighted by molar-refractivity contribution is -0.116. The number of aromatic nitrogens is 2. The van der Waals surface area contributed by atoms with Crippen LogP contribution in [0.2, 0.25) is 0 Å². The van der Waals surface area contributed by atoms with E-state index in [0.717, 1.165) is 28.4 Å². The largest absolute Gasteiger partial charge is 0.337 e. The average molecular weight is 361 g/mol. The SMILES string of the molecule is O=Cc1cn(CC(=O)Nc2nc(-c3ccccc3)cs2)c2ccccc12. The van der Waals surface area contributed by atoms with Crippen LogP contribution in [0.4, 0.5) is 5.13 Å². The molecule has 0 aliphatic heterocycles. The van der Waals surface area contributed by atoms with Gasteiger partial charge in [0, 0.05) is 33.6 Å². The molecule has 4 rings (SSSR count). The number of aldehydes is 1. The van der Waals surface area contributed by atoms with Gasteiger partial charge in [-0.05, 0) is 6.07 Å². The highest BCUT2D eigenvalue weighted by atomic mass is 32.1. The first kappa shape index (κ1) is 16.2. The number of nitrogens with one attached hydrogen (secondary N) is 1. The molecule has 2 heterocycles. The van der Waals surface area contributed by atoms with E-state index >= 15 is 0 Å². The van der Waals surface area contributed by atoms with Gasteiger partial charge in [-0.2, -0.15) is 0 Å². The van der Waals surface area contributed by atoms with Gasteiger partial charge in [-0.1, -0.05) is 48.5 Å². The fourth-order valence-corrected chi connectivity index (χ4v) is 3.62. The average Bonchev–Trinajstić information content (AvgIpc) is 3.27. The summed E-state index contributed by atoms with van der Waals surface area (Å²) in [5.74, 6) is -0.183. The Morgan fingerprint density at radius 1 is 1.12 bits per heavy atom. The van der Waals surface area contributed by atoms with Crippen LogP contribution in [0.25, 0.3) is 22.2 Å². The molecule has 0 saturated carbocycles.